The van der Waals surface area contributed by atoms with Crippen LogP contribution >= 0.6 is 35.5 Å². The van der Waals surface area contributed by atoms with Crippen molar-refractivity contribution in [1.29, 1.82) is 0 Å². The highest BCUT2D eigenvalue weighted by Crippen LogP contribution is 2.25. The molecule has 0 atom stereocenters. The molecule has 2 saturated heterocycles. The van der Waals surface area contributed by atoms with Gasteiger partial charge in [-0.2, -0.15) is 4.37 Å². The molecule has 1 N–H and O–H groups in total. The Morgan fingerprint density at radius 1 is 1.25 bits per heavy atom. The van der Waals surface area contributed by atoms with Crippen LogP contribution in [0, 0.1) is 0 Å². The van der Waals surface area contributed by atoms with E-state index >= 15 is 0 Å². The summed E-state index contributed by atoms with van der Waals surface area (Å²) in [6, 6.07) is 0. The van der Waals surface area contributed by atoms with Gasteiger partial charge in [-0.1, -0.05) is 6.92 Å². The molecule has 8 nitrogen and oxygen atoms in total. The molecule has 0 aromatic carbocycles. The second-order valence-electron chi connectivity index (χ2n) is 6.99. The summed E-state index contributed by atoms with van der Waals surface area (Å²) < 4.78 is 15.7. The van der Waals surface area contributed by atoms with Gasteiger partial charge in [0.25, 0.3) is 0 Å². The number of hydrogen-bond acceptors (Lipinski definition) is 7. The summed E-state index contributed by atoms with van der Waals surface area (Å²) >= 11 is 1.50. The van der Waals surface area contributed by atoms with Crippen LogP contribution < -0.4 is 10.2 Å². The molecule has 1 aromatic rings. The maximum atomic E-state index is 5.83. The zero-order chi connectivity index (χ0) is 19.1. The van der Waals surface area contributed by atoms with Gasteiger partial charge in [0.05, 0.1) is 12.1 Å². The van der Waals surface area contributed by atoms with Gasteiger partial charge in [-0.25, -0.2) is 4.98 Å². The Labute approximate surface area is 189 Å². The SMILES string of the molecule is CCNC(=NCC1(OC)CCOCC1)N1CCN(c2nc(CC)ns2)CC1.I. The zero-order valence-corrected chi connectivity index (χ0v) is 20.3. The third-order valence-electron chi connectivity index (χ3n) is 5.31. The normalized spacial score (nSPS) is 20.0. The van der Waals surface area contributed by atoms with Crippen molar-refractivity contribution in [3.8, 4) is 0 Å². The summed E-state index contributed by atoms with van der Waals surface area (Å²) in [5.74, 6) is 1.92. The predicted molar refractivity (Wildman–Crippen MR) is 124 cm³/mol. The molecule has 2 aliphatic heterocycles. The number of aliphatic imine (C=N–C) groups is 1. The second kappa shape index (κ2) is 11.5. The van der Waals surface area contributed by atoms with Crippen LogP contribution in [-0.2, 0) is 15.9 Å². The van der Waals surface area contributed by atoms with Crippen LogP contribution in [0.2, 0.25) is 0 Å². The maximum Gasteiger partial charge on any atom is 0.205 e. The van der Waals surface area contributed by atoms with Gasteiger partial charge in [0.2, 0.25) is 5.13 Å². The van der Waals surface area contributed by atoms with Crippen molar-refractivity contribution in [2.75, 3.05) is 64.5 Å². The highest BCUT2D eigenvalue weighted by molar-refractivity contribution is 14.0. The molecular weight excluding hydrogens is 491 g/mol. The average Bonchev–Trinajstić information content (AvgIpc) is 3.21. The number of aryl methyl sites for hydroxylation is 1. The predicted octanol–water partition coefficient (Wildman–Crippen LogP) is 2.00. The Morgan fingerprint density at radius 2 is 1.96 bits per heavy atom. The van der Waals surface area contributed by atoms with Gasteiger partial charge in [-0.3, -0.25) is 4.99 Å². The number of guanidine groups is 1. The smallest absolute Gasteiger partial charge is 0.205 e. The van der Waals surface area contributed by atoms with Gasteiger partial charge in [0.1, 0.15) is 5.82 Å². The zero-order valence-electron chi connectivity index (χ0n) is 17.1. The van der Waals surface area contributed by atoms with E-state index in [1.165, 1.54) is 11.5 Å². The summed E-state index contributed by atoms with van der Waals surface area (Å²) in [6.45, 7) is 11.0. The minimum absolute atomic E-state index is 0. The molecule has 0 spiro atoms. The van der Waals surface area contributed by atoms with Gasteiger partial charge in [0.15, 0.2) is 5.96 Å². The van der Waals surface area contributed by atoms with Gasteiger partial charge in [-0.05, 0) is 6.92 Å². The number of ether oxygens (including phenoxy) is 2. The summed E-state index contributed by atoms with van der Waals surface area (Å²) in [5.41, 5.74) is -0.191. The van der Waals surface area contributed by atoms with Crippen molar-refractivity contribution >= 4 is 46.6 Å². The molecular formula is C18H33IN6O2S. The van der Waals surface area contributed by atoms with Gasteiger partial charge in [0, 0.05) is 83.8 Å². The fourth-order valence-corrected chi connectivity index (χ4v) is 4.24. The minimum atomic E-state index is -0.191. The first-order valence-electron chi connectivity index (χ1n) is 9.93. The van der Waals surface area contributed by atoms with Gasteiger partial charge >= 0.3 is 0 Å². The van der Waals surface area contributed by atoms with Crippen LogP contribution in [0.25, 0.3) is 0 Å². The lowest BCUT2D eigenvalue weighted by Crippen LogP contribution is -2.53. The van der Waals surface area contributed by atoms with E-state index in [9.17, 15) is 0 Å². The van der Waals surface area contributed by atoms with E-state index in [-0.39, 0.29) is 29.6 Å². The Bertz CT molecular complexity index is 615. The Morgan fingerprint density at radius 3 is 2.54 bits per heavy atom. The number of piperazine rings is 1. The van der Waals surface area contributed by atoms with E-state index in [1.807, 2.05) is 0 Å². The van der Waals surface area contributed by atoms with Crippen LogP contribution in [0.1, 0.15) is 32.5 Å². The molecule has 0 amide bonds. The van der Waals surface area contributed by atoms with Crippen molar-refractivity contribution in [2.45, 2.75) is 38.7 Å². The fourth-order valence-electron chi connectivity index (χ4n) is 3.44. The van der Waals surface area contributed by atoms with Gasteiger partial charge in [-0.15, -0.1) is 24.0 Å². The lowest BCUT2D eigenvalue weighted by atomic mass is 9.94. The van der Waals surface area contributed by atoms with Gasteiger partial charge < -0.3 is 24.6 Å². The maximum absolute atomic E-state index is 5.83. The van der Waals surface area contributed by atoms with E-state index < -0.39 is 0 Å². The third-order valence-corrected chi connectivity index (χ3v) is 6.13. The molecule has 0 aliphatic carbocycles. The summed E-state index contributed by atoms with van der Waals surface area (Å²) in [4.78, 5) is 14.2. The minimum Gasteiger partial charge on any atom is -0.381 e. The van der Waals surface area contributed by atoms with Crippen molar-refractivity contribution in [2.24, 2.45) is 4.99 Å². The van der Waals surface area contributed by atoms with Crippen LogP contribution in [0.3, 0.4) is 0 Å². The number of methoxy groups -OCH3 is 1. The van der Waals surface area contributed by atoms with Crippen LogP contribution in [0.15, 0.2) is 4.99 Å². The fraction of sp³-hybridized carbons (Fsp3) is 0.833. The monoisotopic (exact) mass is 524 g/mol. The number of halogens is 1. The number of aromatic nitrogens is 2. The highest BCUT2D eigenvalue weighted by Gasteiger charge is 2.33. The highest BCUT2D eigenvalue weighted by atomic mass is 127. The first-order chi connectivity index (χ1) is 13.2. The standard InChI is InChI=1S/C18H32N6O2S.HI/c1-4-15-21-17(27-22-15)24-10-8-23(9-11-24)16(19-5-2)20-14-18(25-3)6-12-26-13-7-18;/h4-14H2,1-3H3,(H,19,20);1H. The molecule has 0 saturated carbocycles. The Hall–Kier alpha value is -0.720. The molecule has 2 fully saturated rings. The quantitative estimate of drug-likeness (QED) is 0.347. The molecule has 3 heterocycles. The number of nitrogens with one attached hydrogen (secondary N) is 1. The van der Waals surface area contributed by atoms with E-state index in [0.29, 0.717) is 6.54 Å². The average molecular weight is 524 g/mol. The van der Waals surface area contributed by atoms with E-state index in [2.05, 4.69) is 38.3 Å². The van der Waals surface area contributed by atoms with Crippen molar-refractivity contribution in [1.82, 2.24) is 19.6 Å². The van der Waals surface area contributed by atoms with Crippen LogP contribution in [-0.4, -0.2) is 85.4 Å². The number of anilines is 1. The lowest BCUT2D eigenvalue weighted by molar-refractivity contribution is -0.0829. The lowest BCUT2D eigenvalue weighted by Gasteiger charge is -2.38. The molecule has 0 unspecified atom stereocenters. The van der Waals surface area contributed by atoms with Crippen LogP contribution in [0.5, 0.6) is 0 Å². The molecule has 2 aliphatic rings. The molecule has 160 valence electrons. The Kier molecular flexibility index (Phi) is 9.64. The first-order valence-corrected chi connectivity index (χ1v) is 10.7. The second-order valence-corrected chi connectivity index (χ2v) is 7.72. The summed E-state index contributed by atoms with van der Waals surface area (Å²) in [7, 11) is 1.79. The number of rotatable bonds is 6. The Balaban J connectivity index is 0.00000280. The third kappa shape index (κ3) is 5.90. The number of hydrogen-bond donors (Lipinski definition) is 1. The van der Waals surface area contributed by atoms with Crippen molar-refractivity contribution < 1.29 is 9.47 Å². The molecule has 3 rings (SSSR count). The van der Waals surface area contributed by atoms with Crippen molar-refractivity contribution in [3.63, 3.8) is 0 Å². The summed E-state index contributed by atoms with van der Waals surface area (Å²) in [5, 5.41) is 4.48. The molecule has 0 bridgehead atoms. The van der Waals surface area contributed by atoms with E-state index in [4.69, 9.17) is 14.5 Å². The molecule has 10 heteroatoms. The molecule has 0 radical (unpaired) electrons. The van der Waals surface area contributed by atoms with E-state index in [1.54, 1.807) is 7.11 Å². The van der Waals surface area contributed by atoms with E-state index in [0.717, 1.165) is 82.1 Å². The largest absolute Gasteiger partial charge is 0.381 e. The first kappa shape index (κ1) is 23.6. The van der Waals surface area contributed by atoms with Crippen LogP contribution in [0.4, 0.5) is 5.13 Å². The molecule has 28 heavy (non-hydrogen) atoms. The van der Waals surface area contributed by atoms with Crippen molar-refractivity contribution in [3.05, 3.63) is 5.82 Å². The summed E-state index contributed by atoms with van der Waals surface area (Å²) in [6.07, 6.45) is 2.69. The topological polar surface area (TPSA) is 75.1 Å². The molecule has 1 aromatic heterocycles. The number of nitrogens with zero attached hydrogens (tertiary/aromatic N) is 5.